The fourth-order valence-electron chi connectivity index (χ4n) is 4.04. The molecule has 0 radical (unpaired) electrons. The van der Waals surface area contributed by atoms with E-state index in [1.54, 1.807) is 0 Å². The van der Waals surface area contributed by atoms with E-state index < -0.39 is 0 Å². The van der Waals surface area contributed by atoms with E-state index in [4.69, 9.17) is 11.2 Å². The first kappa shape index (κ1) is 12.0. The van der Waals surface area contributed by atoms with Crippen LogP contribution in [0.25, 0.3) is 0 Å². The van der Waals surface area contributed by atoms with Gasteiger partial charge in [0.1, 0.15) is 5.60 Å². The van der Waals surface area contributed by atoms with Gasteiger partial charge in [-0.2, -0.15) is 0 Å². The van der Waals surface area contributed by atoms with Crippen LogP contribution in [0.3, 0.4) is 0 Å². The molecule has 0 spiro atoms. The van der Waals surface area contributed by atoms with Crippen LogP contribution < -0.4 is 0 Å². The summed E-state index contributed by atoms with van der Waals surface area (Å²) in [7, 11) is 0. The lowest BCUT2D eigenvalue weighted by atomic mass is 9.54. The molecule has 1 nitrogen and oxygen atoms in total. The molecule has 1 heteroatoms. The second-order valence-electron chi connectivity index (χ2n) is 6.99. The van der Waals surface area contributed by atoms with Crippen molar-refractivity contribution in [3.63, 3.8) is 0 Å². The smallest absolute Gasteiger partial charge is 0.127 e. The van der Waals surface area contributed by atoms with Crippen LogP contribution in [0.2, 0.25) is 0 Å². The molecule has 0 aromatic carbocycles. The Bertz CT molecular complexity index is 351. The Morgan fingerprint density at radius 3 is 2.19 bits per heavy atom. The highest BCUT2D eigenvalue weighted by Gasteiger charge is 2.65. The molecule has 3 atom stereocenters. The minimum atomic E-state index is -0.370. The maximum absolute atomic E-state index is 6.37. The Labute approximate surface area is 99.9 Å². The van der Waals surface area contributed by atoms with E-state index in [2.05, 4.69) is 40.5 Å². The lowest BCUT2D eigenvalue weighted by Crippen LogP contribution is -2.55. The Balaban J connectivity index is 2.47. The number of rotatable bonds is 0. The Hall–Kier alpha value is -0.480. The van der Waals surface area contributed by atoms with E-state index in [9.17, 15) is 0 Å². The van der Waals surface area contributed by atoms with Crippen LogP contribution in [0.4, 0.5) is 0 Å². The molecule has 0 aromatic rings. The van der Waals surface area contributed by atoms with Crippen LogP contribution in [-0.2, 0) is 4.74 Å². The van der Waals surface area contributed by atoms with Crippen molar-refractivity contribution in [1.82, 2.24) is 0 Å². The molecule has 2 rings (SSSR count). The monoisotopic (exact) mass is 220 g/mol. The van der Waals surface area contributed by atoms with Crippen LogP contribution in [0.5, 0.6) is 0 Å². The summed E-state index contributed by atoms with van der Waals surface area (Å²) in [4.78, 5) is 0. The average molecular weight is 220 g/mol. The largest absolute Gasteiger partial charge is 0.355 e. The minimum Gasteiger partial charge on any atom is -0.355 e. The van der Waals surface area contributed by atoms with Crippen molar-refractivity contribution >= 4 is 0 Å². The predicted octanol–water partition coefficient (Wildman–Crippen LogP) is 3.77. The van der Waals surface area contributed by atoms with Crippen molar-refractivity contribution in [3.05, 3.63) is 0 Å². The Kier molecular flexibility index (Phi) is 2.28. The second kappa shape index (κ2) is 3.05. The molecule has 1 saturated heterocycles. The summed E-state index contributed by atoms with van der Waals surface area (Å²) in [5.74, 6) is 2.86. The summed E-state index contributed by atoms with van der Waals surface area (Å²) >= 11 is 0. The highest BCUT2D eigenvalue weighted by molar-refractivity contribution is 5.21. The summed E-state index contributed by atoms with van der Waals surface area (Å²) < 4.78 is 6.37. The van der Waals surface area contributed by atoms with Gasteiger partial charge in [0.2, 0.25) is 0 Å². The number of terminal acetylenes is 1. The van der Waals surface area contributed by atoms with Crippen LogP contribution in [0, 0.1) is 23.2 Å². The van der Waals surface area contributed by atoms with E-state index in [1.165, 1.54) is 19.3 Å². The van der Waals surface area contributed by atoms with Crippen LogP contribution in [0.1, 0.15) is 60.3 Å². The molecule has 0 aromatic heterocycles. The first-order chi connectivity index (χ1) is 7.18. The van der Waals surface area contributed by atoms with E-state index >= 15 is 0 Å². The van der Waals surface area contributed by atoms with Crippen molar-refractivity contribution in [2.45, 2.75) is 71.5 Å². The van der Waals surface area contributed by atoms with E-state index in [-0.39, 0.29) is 22.0 Å². The molecular formula is C15H24O. The first-order valence-electron chi connectivity index (χ1n) is 6.36. The molecule has 0 bridgehead atoms. The number of hydrogen-bond donors (Lipinski definition) is 0. The lowest BCUT2D eigenvalue weighted by molar-refractivity contribution is -0.176. The van der Waals surface area contributed by atoms with Crippen molar-refractivity contribution in [3.8, 4) is 12.3 Å². The van der Waals surface area contributed by atoms with Gasteiger partial charge in [-0.15, -0.1) is 6.42 Å². The molecule has 1 aliphatic carbocycles. The van der Waals surface area contributed by atoms with E-state index in [0.29, 0.717) is 0 Å². The zero-order chi connectivity index (χ0) is 12.2. The second-order valence-corrected chi connectivity index (χ2v) is 6.99. The highest BCUT2D eigenvalue weighted by Crippen LogP contribution is 2.64. The molecule has 0 amide bonds. The zero-order valence-corrected chi connectivity index (χ0v) is 11.3. The molecule has 1 aliphatic heterocycles. The molecule has 1 saturated carbocycles. The number of hydrogen-bond acceptors (Lipinski definition) is 1. The van der Waals surface area contributed by atoms with Crippen LogP contribution in [-0.4, -0.2) is 11.2 Å². The topological polar surface area (TPSA) is 9.23 Å². The summed E-state index contributed by atoms with van der Waals surface area (Å²) in [6, 6.07) is 0. The summed E-state index contributed by atoms with van der Waals surface area (Å²) in [5.41, 5.74) is -0.00500. The van der Waals surface area contributed by atoms with E-state index in [0.717, 1.165) is 6.42 Å². The van der Waals surface area contributed by atoms with Crippen molar-refractivity contribution in [2.24, 2.45) is 10.8 Å². The SMILES string of the molecule is C#C[C@@]1(C)C[C@]2(C)CCCC(C)(C)[C@]2(C)O1. The fraction of sp³-hybridized carbons (Fsp3) is 0.867. The fourth-order valence-corrected chi connectivity index (χ4v) is 4.04. The third kappa shape index (κ3) is 1.29. The van der Waals surface area contributed by atoms with Gasteiger partial charge in [-0.05, 0) is 38.5 Å². The first-order valence-corrected chi connectivity index (χ1v) is 6.36. The summed E-state index contributed by atoms with van der Waals surface area (Å²) in [6.45, 7) is 11.3. The summed E-state index contributed by atoms with van der Waals surface area (Å²) in [6.07, 6.45) is 10.4. The molecule has 2 fully saturated rings. The third-order valence-corrected chi connectivity index (χ3v) is 5.44. The normalized spacial score (nSPS) is 50.8. The molecule has 0 unspecified atom stereocenters. The van der Waals surface area contributed by atoms with Gasteiger partial charge in [0.05, 0.1) is 5.60 Å². The molecule has 90 valence electrons. The lowest BCUT2D eigenvalue weighted by Gasteiger charge is -2.54. The summed E-state index contributed by atoms with van der Waals surface area (Å²) in [5, 5.41) is 0. The third-order valence-electron chi connectivity index (χ3n) is 5.44. The number of ether oxygens (including phenoxy) is 1. The molecule has 1 heterocycles. The van der Waals surface area contributed by atoms with Crippen molar-refractivity contribution in [1.29, 1.82) is 0 Å². The van der Waals surface area contributed by atoms with Crippen molar-refractivity contribution in [2.75, 3.05) is 0 Å². The standard InChI is InChI=1S/C15H24O/c1-7-14(5)11-13(4)10-8-9-12(2,3)15(13,6)16-14/h1H,8-11H2,2-6H3/t13-,14-,15-/m0/s1. The van der Waals surface area contributed by atoms with Gasteiger partial charge < -0.3 is 4.74 Å². The van der Waals surface area contributed by atoms with Gasteiger partial charge in [-0.25, -0.2) is 0 Å². The quantitative estimate of drug-likeness (QED) is 0.565. The van der Waals surface area contributed by atoms with E-state index in [1.807, 2.05) is 0 Å². The van der Waals surface area contributed by atoms with Gasteiger partial charge >= 0.3 is 0 Å². The minimum absolute atomic E-state index is 0.0840. The Morgan fingerprint density at radius 2 is 1.69 bits per heavy atom. The molecular weight excluding hydrogens is 196 g/mol. The van der Waals surface area contributed by atoms with Crippen molar-refractivity contribution < 1.29 is 4.74 Å². The van der Waals surface area contributed by atoms with Crippen LogP contribution >= 0.6 is 0 Å². The molecule has 2 aliphatic rings. The number of fused-ring (bicyclic) bond motifs is 1. The highest BCUT2D eigenvalue weighted by atomic mass is 16.5. The van der Waals surface area contributed by atoms with Gasteiger partial charge in [0.25, 0.3) is 0 Å². The van der Waals surface area contributed by atoms with Gasteiger partial charge in [-0.1, -0.05) is 33.1 Å². The molecule has 16 heavy (non-hydrogen) atoms. The maximum atomic E-state index is 6.37. The average Bonchev–Trinajstić information content (AvgIpc) is 2.36. The Morgan fingerprint density at radius 1 is 1.06 bits per heavy atom. The van der Waals surface area contributed by atoms with Gasteiger partial charge in [0, 0.05) is 5.41 Å². The van der Waals surface area contributed by atoms with Gasteiger partial charge in [-0.3, -0.25) is 0 Å². The molecule has 0 N–H and O–H groups in total. The van der Waals surface area contributed by atoms with Crippen LogP contribution in [0.15, 0.2) is 0 Å². The predicted molar refractivity (Wildman–Crippen MR) is 67.1 cm³/mol. The van der Waals surface area contributed by atoms with Gasteiger partial charge in [0.15, 0.2) is 0 Å². The zero-order valence-electron chi connectivity index (χ0n) is 11.3. The maximum Gasteiger partial charge on any atom is 0.127 e.